The maximum absolute atomic E-state index is 12.1. The highest BCUT2D eigenvalue weighted by Gasteiger charge is 2.13. The van der Waals surface area contributed by atoms with Gasteiger partial charge in [-0.05, 0) is 37.4 Å². The SMILES string of the molecule is CCCC(CCN)CCC(=O)N(C)Cc1ccccn1. The van der Waals surface area contributed by atoms with Gasteiger partial charge in [0.2, 0.25) is 5.91 Å². The van der Waals surface area contributed by atoms with Gasteiger partial charge in [-0.25, -0.2) is 0 Å². The van der Waals surface area contributed by atoms with Crippen LogP contribution in [-0.4, -0.2) is 29.4 Å². The molecule has 4 nitrogen and oxygen atoms in total. The molecule has 0 saturated carbocycles. The number of pyridine rings is 1. The molecule has 1 aromatic heterocycles. The van der Waals surface area contributed by atoms with Crippen molar-refractivity contribution in [1.29, 1.82) is 0 Å². The van der Waals surface area contributed by atoms with Crippen molar-refractivity contribution in [3.8, 4) is 0 Å². The van der Waals surface area contributed by atoms with Crippen LogP contribution in [0.4, 0.5) is 0 Å². The highest BCUT2D eigenvalue weighted by molar-refractivity contribution is 5.75. The van der Waals surface area contributed by atoms with Gasteiger partial charge in [0, 0.05) is 19.7 Å². The number of hydrogen-bond acceptors (Lipinski definition) is 3. The summed E-state index contributed by atoms with van der Waals surface area (Å²) in [5, 5.41) is 0. The smallest absolute Gasteiger partial charge is 0.222 e. The Morgan fingerprint density at radius 1 is 1.35 bits per heavy atom. The molecule has 0 aliphatic heterocycles. The topological polar surface area (TPSA) is 59.2 Å². The third-order valence-corrected chi connectivity index (χ3v) is 3.59. The monoisotopic (exact) mass is 277 g/mol. The number of nitrogens with two attached hydrogens (primary N) is 1. The molecule has 0 aromatic carbocycles. The van der Waals surface area contributed by atoms with Crippen LogP contribution in [0.25, 0.3) is 0 Å². The van der Waals surface area contributed by atoms with Gasteiger partial charge in [0.25, 0.3) is 0 Å². The van der Waals surface area contributed by atoms with Gasteiger partial charge in [-0.2, -0.15) is 0 Å². The summed E-state index contributed by atoms with van der Waals surface area (Å²) < 4.78 is 0. The first-order valence-electron chi connectivity index (χ1n) is 7.51. The number of hydrogen-bond donors (Lipinski definition) is 1. The molecule has 112 valence electrons. The molecule has 1 unspecified atom stereocenters. The van der Waals surface area contributed by atoms with Crippen molar-refractivity contribution in [2.75, 3.05) is 13.6 Å². The average Bonchev–Trinajstić information content (AvgIpc) is 2.46. The van der Waals surface area contributed by atoms with Gasteiger partial charge < -0.3 is 10.6 Å². The van der Waals surface area contributed by atoms with E-state index in [4.69, 9.17) is 5.73 Å². The van der Waals surface area contributed by atoms with E-state index >= 15 is 0 Å². The Bertz CT molecular complexity index is 375. The lowest BCUT2D eigenvalue weighted by molar-refractivity contribution is -0.130. The minimum Gasteiger partial charge on any atom is -0.340 e. The van der Waals surface area contributed by atoms with Gasteiger partial charge in [0.1, 0.15) is 0 Å². The summed E-state index contributed by atoms with van der Waals surface area (Å²) in [4.78, 5) is 18.1. The van der Waals surface area contributed by atoms with E-state index in [1.54, 1.807) is 11.1 Å². The molecule has 0 saturated heterocycles. The standard InChI is InChI=1S/C16H27N3O/c1-3-6-14(10-11-17)8-9-16(20)19(2)13-15-7-4-5-12-18-15/h4-5,7,12,14H,3,6,8-11,13,17H2,1-2H3. The highest BCUT2D eigenvalue weighted by atomic mass is 16.2. The Labute approximate surface area is 122 Å². The molecule has 1 amide bonds. The molecular weight excluding hydrogens is 250 g/mol. The van der Waals surface area contributed by atoms with Crippen molar-refractivity contribution < 1.29 is 4.79 Å². The largest absolute Gasteiger partial charge is 0.340 e. The zero-order chi connectivity index (χ0) is 14.8. The van der Waals surface area contributed by atoms with Crippen LogP contribution in [-0.2, 0) is 11.3 Å². The Morgan fingerprint density at radius 2 is 2.15 bits per heavy atom. The lowest BCUT2D eigenvalue weighted by Gasteiger charge is -2.19. The van der Waals surface area contributed by atoms with Crippen LogP contribution in [0.2, 0.25) is 0 Å². The molecular formula is C16H27N3O. The average molecular weight is 277 g/mol. The van der Waals surface area contributed by atoms with Crippen LogP contribution in [0.3, 0.4) is 0 Å². The summed E-state index contributed by atoms with van der Waals surface area (Å²) in [6.45, 7) is 3.47. The third kappa shape index (κ3) is 6.15. The Hall–Kier alpha value is -1.42. The van der Waals surface area contributed by atoms with Crippen LogP contribution in [0, 0.1) is 5.92 Å². The molecule has 4 heteroatoms. The zero-order valence-electron chi connectivity index (χ0n) is 12.7. The van der Waals surface area contributed by atoms with E-state index in [1.807, 2.05) is 25.2 Å². The molecule has 0 bridgehead atoms. The molecule has 1 aromatic rings. The van der Waals surface area contributed by atoms with Crippen molar-refractivity contribution in [2.24, 2.45) is 11.7 Å². The van der Waals surface area contributed by atoms with Gasteiger partial charge in [-0.15, -0.1) is 0 Å². The molecule has 0 fully saturated rings. The van der Waals surface area contributed by atoms with Crippen LogP contribution < -0.4 is 5.73 Å². The first kappa shape index (κ1) is 16.6. The quantitative estimate of drug-likeness (QED) is 0.754. The van der Waals surface area contributed by atoms with Crippen molar-refractivity contribution in [1.82, 2.24) is 9.88 Å². The van der Waals surface area contributed by atoms with E-state index in [1.165, 1.54) is 0 Å². The fourth-order valence-corrected chi connectivity index (χ4v) is 2.42. The maximum atomic E-state index is 12.1. The van der Waals surface area contributed by atoms with E-state index < -0.39 is 0 Å². The Kier molecular flexibility index (Phi) is 7.88. The lowest BCUT2D eigenvalue weighted by atomic mass is 9.94. The van der Waals surface area contributed by atoms with Crippen LogP contribution in [0.15, 0.2) is 24.4 Å². The number of carbonyl (C=O) groups is 1. The summed E-state index contributed by atoms with van der Waals surface area (Å²) in [6, 6.07) is 5.77. The van der Waals surface area contributed by atoms with Gasteiger partial charge in [-0.3, -0.25) is 9.78 Å². The number of rotatable bonds is 9. The van der Waals surface area contributed by atoms with E-state index in [2.05, 4.69) is 11.9 Å². The molecule has 0 spiro atoms. The van der Waals surface area contributed by atoms with Gasteiger partial charge >= 0.3 is 0 Å². The van der Waals surface area contributed by atoms with Crippen LogP contribution in [0.5, 0.6) is 0 Å². The third-order valence-electron chi connectivity index (χ3n) is 3.59. The van der Waals surface area contributed by atoms with E-state index in [0.717, 1.165) is 31.4 Å². The Balaban J connectivity index is 2.37. The molecule has 0 aliphatic rings. The second-order valence-electron chi connectivity index (χ2n) is 5.34. The van der Waals surface area contributed by atoms with E-state index in [0.29, 0.717) is 25.4 Å². The van der Waals surface area contributed by atoms with E-state index in [9.17, 15) is 4.79 Å². The molecule has 1 heterocycles. The molecule has 1 atom stereocenters. The van der Waals surface area contributed by atoms with Crippen molar-refractivity contribution in [3.63, 3.8) is 0 Å². The maximum Gasteiger partial charge on any atom is 0.222 e. The predicted molar refractivity (Wildman–Crippen MR) is 82.0 cm³/mol. The van der Waals surface area contributed by atoms with Gasteiger partial charge in [0.05, 0.1) is 12.2 Å². The summed E-state index contributed by atoms with van der Waals surface area (Å²) in [5.74, 6) is 0.769. The molecule has 0 aliphatic carbocycles. The van der Waals surface area contributed by atoms with Crippen LogP contribution in [0.1, 0.15) is 44.7 Å². The van der Waals surface area contributed by atoms with Gasteiger partial charge in [0.15, 0.2) is 0 Å². The minimum absolute atomic E-state index is 0.189. The summed E-state index contributed by atoms with van der Waals surface area (Å²) in [7, 11) is 1.84. The van der Waals surface area contributed by atoms with Gasteiger partial charge in [-0.1, -0.05) is 25.8 Å². The second kappa shape index (κ2) is 9.48. The Morgan fingerprint density at radius 3 is 2.75 bits per heavy atom. The predicted octanol–water partition coefficient (Wildman–Crippen LogP) is 2.59. The summed E-state index contributed by atoms with van der Waals surface area (Å²) in [5.41, 5.74) is 6.55. The number of carbonyl (C=O) groups excluding carboxylic acids is 1. The van der Waals surface area contributed by atoms with Crippen LogP contribution >= 0.6 is 0 Å². The lowest BCUT2D eigenvalue weighted by Crippen LogP contribution is -2.27. The summed E-state index contributed by atoms with van der Waals surface area (Å²) in [6.07, 6.45) is 6.64. The molecule has 1 rings (SSSR count). The zero-order valence-corrected chi connectivity index (χ0v) is 12.7. The second-order valence-corrected chi connectivity index (χ2v) is 5.34. The number of aromatic nitrogens is 1. The normalized spacial score (nSPS) is 12.2. The molecule has 20 heavy (non-hydrogen) atoms. The molecule has 0 radical (unpaired) electrons. The van der Waals surface area contributed by atoms with Crippen molar-refractivity contribution in [3.05, 3.63) is 30.1 Å². The number of nitrogens with zero attached hydrogens (tertiary/aromatic N) is 2. The molecule has 2 N–H and O–H groups in total. The fourth-order valence-electron chi connectivity index (χ4n) is 2.42. The van der Waals surface area contributed by atoms with Crippen molar-refractivity contribution >= 4 is 5.91 Å². The van der Waals surface area contributed by atoms with Crippen molar-refractivity contribution in [2.45, 2.75) is 45.6 Å². The summed E-state index contributed by atoms with van der Waals surface area (Å²) >= 11 is 0. The number of amides is 1. The fraction of sp³-hybridized carbons (Fsp3) is 0.625. The highest BCUT2D eigenvalue weighted by Crippen LogP contribution is 2.17. The minimum atomic E-state index is 0.189. The first-order valence-corrected chi connectivity index (χ1v) is 7.51. The first-order chi connectivity index (χ1) is 9.67. The van der Waals surface area contributed by atoms with E-state index in [-0.39, 0.29) is 5.91 Å².